The van der Waals surface area contributed by atoms with Gasteiger partial charge in [0.15, 0.2) is 11.4 Å². The summed E-state index contributed by atoms with van der Waals surface area (Å²) in [5.74, 6) is 0.233. The molecule has 1 aromatic heterocycles. The van der Waals surface area contributed by atoms with E-state index in [-0.39, 0.29) is 10.6 Å². The zero-order chi connectivity index (χ0) is 27.8. The Hall–Kier alpha value is -3.68. The van der Waals surface area contributed by atoms with Gasteiger partial charge in [-0.1, -0.05) is 74.5 Å². The molecule has 1 saturated carbocycles. The third-order valence-electron chi connectivity index (χ3n) is 8.27. The SMILES string of the molecule is CCC(CC)(c1ccccc1)c1cc(O)c([N+](C)(c2ccccc2)S(=O)(=O)c2cccc(C3CC3)c2)c(=O)o1. The Bertz CT molecular complexity index is 1640. The van der Waals surface area contributed by atoms with Crippen LogP contribution in [0.3, 0.4) is 0 Å². The number of sulfonamides is 1. The maximum Gasteiger partial charge on any atom is 0.403 e. The zero-order valence-corrected chi connectivity index (χ0v) is 23.3. The van der Waals surface area contributed by atoms with Gasteiger partial charge < -0.3 is 9.52 Å². The minimum Gasteiger partial charge on any atom is -0.502 e. The van der Waals surface area contributed by atoms with Crippen molar-refractivity contribution in [3.05, 3.63) is 118 Å². The lowest BCUT2D eigenvalue weighted by molar-refractivity contribution is 0.329. The van der Waals surface area contributed by atoms with Crippen LogP contribution in [0.4, 0.5) is 11.4 Å². The highest BCUT2D eigenvalue weighted by Gasteiger charge is 2.49. The van der Waals surface area contributed by atoms with E-state index in [0.29, 0.717) is 30.2 Å². The normalized spacial score (nSPS) is 15.6. The zero-order valence-electron chi connectivity index (χ0n) is 22.5. The first kappa shape index (κ1) is 26.9. The predicted octanol–water partition coefficient (Wildman–Crippen LogP) is 6.99. The fourth-order valence-corrected chi connectivity index (χ4v) is 7.43. The predicted molar refractivity (Wildman–Crippen MR) is 154 cm³/mol. The lowest BCUT2D eigenvalue weighted by Gasteiger charge is -2.33. The van der Waals surface area contributed by atoms with E-state index in [1.807, 2.05) is 50.2 Å². The largest absolute Gasteiger partial charge is 0.502 e. The van der Waals surface area contributed by atoms with Gasteiger partial charge in [0.1, 0.15) is 10.7 Å². The molecule has 202 valence electrons. The summed E-state index contributed by atoms with van der Waals surface area (Å²) in [4.78, 5) is 13.9. The first-order chi connectivity index (χ1) is 18.7. The molecule has 0 aliphatic heterocycles. The number of quaternary nitrogens is 1. The number of benzene rings is 3. The number of aromatic hydroxyl groups is 1. The fourth-order valence-electron chi connectivity index (χ4n) is 5.67. The summed E-state index contributed by atoms with van der Waals surface area (Å²) in [6, 6.07) is 26.5. The van der Waals surface area contributed by atoms with Gasteiger partial charge >= 0.3 is 15.6 Å². The van der Waals surface area contributed by atoms with Crippen LogP contribution in [0.15, 0.2) is 105 Å². The molecule has 0 amide bonds. The minimum atomic E-state index is -4.27. The van der Waals surface area contributed by atoms with Crippen molar-refractivity contribution in [3.8, 4) is 5.75 Å². The molecule has 1 aliphatic rings. The van der Waals surface area contributed by atoms with Crippen LogP contribution in [0.5, 0.6) is 5.75 Å². The monoisotopic (exact) mass is 544 g/mol. The van der Waals surface area contributed by atoms with Crippen molar-refractivity contribution in [3.63, 3.8) is 0 Å². The molecule has 1 aliphatic carbocycles. The highest BCUT2D eigenvalue weighted by molar-refractivity contribution is 7.91. The van der Waals surface area contributed by atoms with Crippen molar-refractivity contribution in [1.29, 1.82) is 0 Å². The van der Waals surface area contributed by atoms with Crippen LogP contribution in [0.1, 0.15) is 62.3 Å². The van der Waals surface area contributed by atoms with Gasteiger partial charge in [0.25, 0.3) is 5.69 Å². The lowest BCUT2D eigenvalue weighted by atomic mass is 9.73. The third-order valence-corrected chi connectivity index (χ3v) is 10.5. The quantitative estimate of drug-likeness (QED) is 0.230. The summed E-state index contributed by atoms with van der Waals surface area (Å²) in [7, 11) is -2.85. The summed E-state index contributed by atoms with van der Waals surface area (Å²) in [5.41, 5.74) is 0.321. The van der Waals surface area contributed by atoms with Gasteiger partial charge in [-0.05, 0) is 54.9 Å². The van der Waals surface area contributed by atoms with Crippen LogP contribution in [-0.4, -0.2) is 20.6 Å². The van der Waals surface area contributed by atoms with Gasteiger partial charge in [-0.2, -0.15) is 8.42 Å². The van der Waals surface area contributed by atoms with Crippen molar-refractivity contribution in [1.82, 2.24) is 3.89 Å². The van der Waals surface area contributed by atoms with Crippen LogP contribution < -0.4 is 9.51 Å². The third kappa shape index (κ3) is 4.39. The Labute approximate surface area is 229 Å². The first-order valence-corrected chi connectivity index (χ1v) is 14.8. The molecule has 0 radical (unpaired) electrons. The topological polar surface area (TPSA) is 84.6 Å². The number of nitrogens with zero attached hydrogens (tertiary/aromatic N) is 1. The van der Waals surface area contributed by atoms with Gasteiger partial charge in [0.05, 0.1) is 12.5 Å². The van der Waals surface area contributed by atoms with Gasteiger partial charge in [-0.3, -0.25) is 0 Å². The molecule has 0 spiro atoms. The second-order valence-electron chi connectivity index (χ2n) is 10.4. The van der Waals surface area contributed by atoms with Crippen molar-refractivity contribution in [2.75, 3.05) is 7.05 Å². The standard InChI is InChI=1S/C32H33NO5S/c1-4-32(5-2,25-14-8-6-9-15-25)29-22-28(34)30(31(35)38-29)33(3,26-16-10-7-11-17-26)39(36,37)27-18-12-13-24(21-27)23-19-20-23/h6-18,21-23H,4-5,19-20H2,1-3H3/p+1. The summed E-state index contributed by atoms with van der Waals surface area (Å²) in [6.45, 7) is 4.01. The highest BCUT2D eigenvalue weighted by atomic mass is 32.2. The van der Waals surface area contributed by atoms with E-state index in [2.05, 4.69) is 0 Å². The molecule has 1 atom stereocenters. The molecule has 39 heavy (non-hydrogen) atoms. The molecule has 7 heteroatoms. The Kier molecular flexibility index (Phi) is 6.99. The van der Waals surface area contributed by atoms with Crippen molar-refractivity contribution < 1.29 is 17.9 Å². The van der Waals surface area contributed by atoms with E-state index in [1.54, 1.807) is 48.5 Å². The van der Waals surface area contributed by atoms with Gasteiger partial charge in [0.2, 0.25) is 0 Å². The molecule has 1 fully saturated rings. The Morgan fingerprint density at radius 3 is 2.08 bits per heavy atom. The Balaban J connectivity index is 1.74. The molecular weight excluding hydrogens is 510 g/mol. The molecular formula is C32H34NO5S+. The Morgan fingerprint density at radius 2 is 1.51 bits per heavy atom. The number of para-hydroxylation sites is 1. The highest BCUT2D eigenvalue weighted by Crippen LogP contribution is 2.46. The summed E-state index contributed by atoms with van der Waals surface area (Å²) < 4.78 is 33.9. The fraction of sp³-hybridized carbons (Fsp3) is 0.281. The molecule has 4 aromatic rings. The Morgan fingerprint density at radius 1 is 0.897 bits per heavy atom. The summed E-state index contributed by atoms with van der Waals surface area (Å²) >= 11 is 0. The van der Waals surface area contributed by atoms with Gasteiger partial charge in [-0.15, -0.1) is 3.89 Å². The molecule has 5 rings (SSSR count). The second-order valence-corrected chi connectivity index (χ2v) is 12.5. The van der Waals surface area contributed by atoms with E-state index in [4.69, 9.17) is 4.42 Å². The average molecular weight is 545 g/mol. The van der Waals surface area contributed by atoms with Crippen LogP contribution >= 0.6 is 0 Å². The molecule has 0 saturated heterocycles. The first-order valence-electron chi connectivity index (χ1n) is 13.4. The molecule has 3 aromatic carbocycles. The summed E-state index contributed by atoms with van der Waals surface area (Å²) in [5, 5.41) is 11.5. The molecule has 0 bridgehead atoms. The van der Waals surface area contributed by atoms with Crippen molar-refractivity contribution in [2.24, 2.45) is 0 Å². The second kappa shape index (κ2) is 10.1. The maximum atomic E-state index is 14.5. The van der Waals surface area contributed by atoms with E-state index in [0.717, 1.165) is 24.0 Å². The number of hydrogen-bond donors (Lipinski definition) is 1. The van der Waals surface area contributed by atoms with Crippen LogP contribution in [-0.2, 0) is 15.4 Å². The van der Waals surface area contributed by atoms with Crippen molar-refractivity contribution in [2.45, 2.75) is 55.8 Å². The van der Waals surface area contributed by atoms with E-state index in [9.17, 15) is 18.3 Å². The molecule has 1 N–H and O–H groups in total. The molecule has 1 unspecified atom stereocenters. The smallest absolute Gasteiger partial charge is 0.403 e. The molecule has 1 heterocycles. The molecule has 6 nitrogen and oxygen atoms in total. The van der Waals surface area contributed by atoms with E-state index in [1.165, 1.54) is 13.1 Å². The number of hydrogen-bond acceptors (Lipinski definition) is 5. The lowest BCUT2D eigenvalue weighted by Crippen LogP contribution is -2.48. The maximum absolute atomic E-state index is 14.5. The van der Waals surface area contributed by atoms with Gasteiger partial charge in [0, 0.05) is 18.2 Å². The number of rotatable bonds is 9. The minimum absolute atomic E-state index is 0.0851. The van der Waals surface area contributed by atoms with Crippen molar-refractivity contribution >= 4 is 21.4 Å². The van der Waals surface area contributed by atoms with Crippen LogP contribution in [0.2, 0.25) is 0 Å². The van der Waals surface area contributed by atoms with Crippen LogP contribution in [0, 0.1) is 0 Å². The van der Waals surface area contributed by atoms with Gasteiger partial charge in [-0.25, -0.2) is 4.79 Å². The van der Waals surface area contributed by atoms with Crippen LogP contribution in [0.25, 0.3) is 0 Å². The van der Waals surface area contributed by atoms with E-state index < -0.39 is 30.7 Å². The van der Waals surface area contributed by atoms with E-state index >= 15 is 0 Å². The average Bonchev–Trinajstić information content (AvgIpc) is 3.81. The summed E-state index contributed by atoms with van der Waals surface area (Å²) in [6.07, 6.45) is 3.29.